The van der Waals surface area contributed by atoms with Gasteiger partial charge >= 0.3 is 151 Å². The minimum absolute atomic E-state index is 0. The zero-order valence-electron chi connectivity index (χ0n) is 83.7. The quantitative estimate of drug-likeness (QED) is 0.0497. The van der Waals surface area contributed by atoms with E-state index in [1.807, 2.05) is 0 Å². The van der Waals surface area contributed by atoms with E-state index < -0.39 is 83.4 Å². The maximum absolute atomic E-state index is 4.93. The van der Waals surface area contributed by atoms with Crippen molar-refractivity contribution in [1.29, 1.82) is 0 Å². The summed E-state index contributed by atoms with van der Waals surface area (Å²) in [6, 6.07) is 92.4. The Labute approximate surface area is 911 Å². The standard InChI is InChI=1S/C31H36.C30H34.2C28H32.8CH3.8ClH.4Zr/c1-2-3-14-24-23-30(29-22-13-12-21-28(24)29)31(27-19-10-11-20-27,25-15-6-4-7-16-25)26-17-8-5-9-18-26;1-2-13-23-22-29(28-21-12-11-20-27(23)28)30(26-18-9-10-19-26,24-14-5-3-6-15-24)25-16-7-4-8-17-25;2*1-21-20-27(26-19-11-10-18-25(21)26)28(24-16-8-9-17-24,22-12-4-2-5-13-22)23-14-6-3-7-15-23;;;;;;;;;;;;;;;;;;;;/h2,4-9,12-13,15-18,21-22,24,27-30H,1,3,10-11,14,19-20,23H2;2-8,11-12,14-17,20-21,23,26-29H,1,9-10,13,18-19,22H2;2*2-7,10-15,18-19,21,24-27H,8-9,16-17,20H2,1H3;8*1H3;8*1H;;;;/q;;;;8*-1;;;;;;;;;4*+4/p-8. The van der Waals surface area contributed by atoms with Crippen LogP contribution in [0.1, 0.15) is 206 Å². The molecule has 0 amide bonds. The molecule has 0 aromatic heterocycles. The van der Waals surface area contributed by atoms with Crippen LogP contribution in [0.4, 0.5) is 0 Å². The second kappa shape index (κ2) is 64.2. The Hall–Kier alpha value is -2.99. The van der Waals surface area contributed by atoms with Gasteiger partial charge in [0.05, 0.1) is 0 Å². The first-order valence-electron chi connectivity index (χ1n) is 48.4. The van der Waals surface area contributed by atoms with Crippen LogP contribution < -0.4 is 0 Å². The molecule has 12 aliphatic carbocycles. The number of hydrogen-bond acceptors (Lipinski definition) is 0. The summed E-state index contributed by atoms with van der Waals surface area (Å²) < 4.78 is 0. The molecule has 730 valence electrons. The molecule has 0 spiro atoms. The molecule has 8 aromatic carbocycles. The normalized spacial score (nSPS) is 25.1. The third-order valence-electron chi connectivity index (χ3n) is 33.1. The number of benzene rings is 8. The van der Waals surface area contributed by atoms with Crippen LogP contribution >= 0.6 is 68.1 Å². The van der Waals surface area contributed by atoms with E-state index in [2.05, 4.69) is 379 Å². The third kappa shape index (κ3) is 28.3. The van der Waals surface area contributed by atoms with E-state index in [1.54, 1.807) is 33.4 Å². The fraction of sp³-hybridized carbons (Fsp3) is 0.392. The van der Waals surface area contributed by atoms with Crippen molar-refractivity contribution < 1.29 is 83.4 Å². The van der Waals surface area contributed by atoms with Crippen molar-refractivity contribution in [1.82, 2.24) is 0 Å². The van der Waals surface area contributed by atoms with E-state index in [0.717, 1.165) is 54.3 Å². The van der Waals surface area contributed by atoms with Gasteiger partial charge in [0.1, 0.15) is 0 Å². The van der Waals surface area contributed by atoms with Crippen molar-refractivity contribution in [3.8, 4) is 0 Å². The topological polar surface area (TPSA) is 0 Å². The second-order valence-corrected chi connectivity index (χ2v) is 53.5. The molecule has 8 saturated carbocycles. The van der Waals surface area contributed by atoms with Crippen molar-refractivity contribution in [2.75, 3.05) is 0 Å². The summed E-state index contributed by atoms with van der Waals surface area (Å²) >= 11 is -3.30. The fourth-order valence-electron chi connectivity index (χ4n) is 28.7. The van der Waals surface area contributed by atoms with Crippen LogP contribution in [0.5, 0.6) is 0 Å². The maximum atomic E-state index is 4.93. The molecule has 12 heteroatoms. The van der Waals surface area contributed by atoms with Gasteiger partial charge < -0.3 is 59.4 Å². The van der Waals surface area contributed by atoms with E-state index in [1.165, 1.54) is 146 Å². The van der Waals surface area contributed by atoms with Crippen molar-refractivity contribution >= 4 is 68.1 Å². The molecule has 16 atom stereocenters. The van der Waals surface area contributed by atoms with Crippen LogP contribution in [0, 0.1) is 178 Å². The Morgan fingerprint density at radius 2 is 0.423 bits per heavy atom. The van der Waals surface area contributed by atoms with E-state index in [-0.39, 0.29) is 81.1 Å². The van der Waals surface area contributed by atoms with Crippen LogP contribution in [0.15, 0.2) is 365 Å². The van der Waals surface area contributed by atoms with Crippen molar-refractivity contribution in [2.45, 2.75) is 183 Å². The van der Waals surface area contributed by atoms with Crippen molar-refractivity contribution in [3.63, 3.8) is 0 Å². The summed E-state index contributed by atoms with van der Waals surface area (Å²) in [6.07, 6.45) is 73.5. The zero-order chi connectivity index (χ0) is 90.3. The molecule has 8 aromatic rings. The van der Waals surface area contributed by atoms with Crippen molar-refractivity contribution in [3.05, 3.63) is 469 Å². The SMILES string of the molecule is C=CCC1CC(C(c2ccccc2)(c2ccccc2)C2CCCC2)C2C=CC=CC12.C=CCCC1CC(C(c2ccccc2)(c2ccccc2)C2CCCC2)C2C=CC=CC12.CC1CC(C(c2ccccc2)(c2ccccc2)C2CCCC2)C2C=CC=CC12.CC1CC(C(c2ccccc2)(c2ccccc2)C2CCCC2)C2C=CC=CC12.[CH3-].[CH3-].[CH3-].[CH3-].[CH3-].[CH3-].[CH3-].[CH3-].[Cl][Zr+2][Cl].[Cl][Zr+2][Cl].[Cl][Zr+2][Cl].[Cl][Zr+2][Cl]. The molecule has 0 aliphatic heterocycles. The van der Waals surface area contributed by atoms with Gasteiger partial charge in [0.2, 0.25) is 0 Å². The van der Waals surface area contributed by atoms with Gasteiger partial charge in [0.25, 0.3) is 0 Å². The minimum atomic E-state index is -0.826. The molecule has 137 heavy (non-hydrogen) atoms. The van der Waals surface area contributed by atoms with E-state index in [9.17, 15) is 0 Å². The van der Waals surface area contributed by atoms with Crippen LogP contribution in [0.2, 0.25) is 0 Å². The first-order chi connectivity index (χ1) is 63.5. The average Bonchev–Trinajstić information content (AvgIpc) is 1.61. The molecular formula is C125H158Cl8Zr4. The van der Waals surface area contributed by atoms with Crippen molar-refractivity contribution in [2.24, 2.45) is 118 Å². The molecule has 8 fully saturated rings. The first kappa shape index (κ1) is 124. The molecular weight excluding hydrogens is 2150 g/mol. The number of rotatable bonds is 21. The Morgan fingerprint density at radius 1 is 0.248 bits per heavy atom. The summed E-state index contributed by atoms with van der Waals surface area (Å²) in [5, 5.41) is 0. The third-order valence-corrected chi connectivity index (χ3v) is 33.1. The molecule has 0 saturated heterocycles. The number of fused-ring (bicyclic) bond motifs is 4. The molecule has 16 unspecified atom stereocenters. The summed E-state index contributed by atoms with van der Waals surface area (Å²) in [4.78, 5) is 0. The molecule has 0 radical (unpaired) electrons. The first-order valence-corrected chi connectivity index (χ1v) is 73.7. The van der Waals surface area contributed by atoms with E-state index in [4.69, 9.17) is 68.1 Å². The number of halogens is 8. The molecule has 0 N–H and O–H groups in total. The molecule has 0 heterocycles. The van der Waals surface area contributed by atoms with Crippen LogP contribution in [0.3, 0.4) is 0 Å². The van der Waals surface area contributed by atoms with E-state index in [0.29, 0.717) is 76.9 Å². The van der Waals surface area contributed by atoms with Gasteiger partial charge in [-0.3, -0.25) is 0 Å². The van der Waals surface area contributed by atoms with E-state index >= 15 is 0 Å². The summed E-state index contributed by atoms with van der Waals surface area (Å²) in [5.74, 6) is 13.7. The zero-order valence-corrected chi connectivity index (χ0v) is 99.6. The summed E-state index contributed by atoms with van der Waals surface area (Å²) in [5.41, 5.74) is 12.8. The monoisotopic (exact) mass is 2300 g/mol. The predicted molar refractivity (Wildman–Crippen MR) is 594 cm³/mol. The van der Waals surface area contributed by atoms with Gasteiger partial charge in [-0.1, -0.05) is 417 Å². The summed E-state index contributed by atoms with van der Waals surface area (Å²) in [6.45, 7) is 13.1. The number of allylic oxidation sites excluding steroid dienone is 18. The van der Waals surface area contributed by atoms with Gasteiger partial charge in [0.15, 0.2) is 0 Å². The van der Waals surface area contributed by atoms with Crippen LogP contribution in [0.25, 0.3) is 0 Å². The van der Waals surface area contributed by atoms with Gasteiger partial charge in [0, 0.05) is 21.7 Å². The molecule has 0 nitrogen and oxygen atoms in total. The molecule has 0 bridgehead atoms. The van der Waals surface area contributed by atoms with Gasteiger partial charge in [-0.2, -0.15) is 0 Å². The Bertz CT molecular complexity index is 4530. The van der Waals surface area contributed by atoms with Gasteiger partial charge in [-0.05, 0) is 259 Å². The number of hydrogen-bond donors (Lipinski definition) is 0. The molecule has 12 aliphatic rings. The average molecular weight is 2310 g/mol. The van der Waals surface area contributed by atoms with Crippen LogP contribution in [-0.2, 0) is 105 Å². The van der Waals surface area contributed by atoms with Crippen LogP contribution in [-0.4, -0.2) is 0 Å². The predicted octanol–water partition coefficient (Wildman–Crippen LogP) is 39.3. The van der Waals surface area contributed by atoms with Gasteiger partial charge in [-0.15, -0.1) is 13.2 Å². The Balaban J connectivity index is 0.000000304. The Morgan fingerprint density at radius 3 is 0.628 bits per heavy atom. The summed E-state index contributed by atoms with van der Waals surface area (Å²) in [7, 11) is 39.5. The van der Waals surface area contributed by atoms with Gasteiger partial charge in [-0.25, -0.2) is 0 Å². The Kier molecular flexibility index (Phi) is 58.3. The fourth-order valence-corrected chi connectivity index (χ4v) is 28.7. The second-order valence-electron chi connectivity index (χ2n) is 38.5. The molecule has 20 rings (SSSR count).